The first-order valence-corrected chi connectivity index (χ1v) is 11.5. The van der Waals surface area contributed by atoms with Crippen LogP contribution in [0.1, 0.15) is 28.2 Å². The lowest BCUT2D eigenvalue weighted by molar-refractivity contribution is 1.01. The molecule has 0 aliphatic heterocycles. The van der Waals surface area contributed by atoms with Crippen LogP contribution in [0.4, 0.5) is 17.1 Å². The normalized spacial score (nSPS) is 13.9. The zero-order chi connectivity index (χ0) is 22.2. The summed E-state index contributed by atoms with van der Waals surface area (Å²) in [7, 11) is 0. The smallest absolute Gasteiger partial charge is 0.0545 e. The maximum absolute atomic E-state index is 2.40. The van der Waals surface area contributed by atoms with Crippen molar-refractivity contribution in [2.45, 2.75) is 12.8 Å². The lowest BCUT2D eigenvalue weighted by Gasteiger charge is -2.28. The Labute approximate surface area is 195 Å². The summed E-state index contributed by atoms with van der Waals surface area (Å²) in [5, 5.41) is 0. The molecule has 1 unspecified atom stereocenters. The fourth-order valence-electron chi connectivity index (χ4n) is 5.22. The Bertz CT molecular complexity index is 1370. The molecule has 1 aliphatic rings. The van der Waals surface area contributed by atoms with Gasteiger partial charge in [0.1, 0.15) is 0 Å². The third-order valence-corrected chi connectivity index (χ3v) is 6.55. The van der Waals surface area contributed by atoms with E-state index in [2.05, 4.69) is 139 Å². The van der Waals surface area contributed by atoms with Crippen LogP contribution in [0, 0.1) is 6.92 Å². The van der Waals surface area contributed by atoms with Crippen LogP contribution in [0.5, 0.6) is 0 Å². The zero-order valence-electron chi connectivity index (χ0n) is 18.6. The summed E-state index contributed by atoms with van der Waals surface area (Å²) in [5.74, 6) is 0.240. The number of nitrogens with zero attached hydrogens (tertiary/aromatic N) is 1. The van der Waals surface area contributed by atoms with Crippen LogP contribution in [0.25, 0.3) is 11.1 Å². The Balaban J connectivity index is 1.66. The molecule has 33 heavy (non-hydrogen) atoms. The van der Waals surface area contributed by atoms with Crippen LogP contribution >= 0.6 is 0 Å². The molecule has 0 amide bonds. The molecule has 5 aromatic carbocycles. The van der Waals surface area contributed by atoms with E-state index in [1.165, 1.54) is 39.1 Å². The highest BCUT2D eigenvalue weighted by Crippen LogP contribution is 2.54. The molecule has 0 bridgehead atoms. The second-order valence-corrected chi connectivity index (χ2v) is 8.69. The van der Waals surface area contributed by atoms with Crippen molar-refractivity contribution in [3.8, 4) is 11.1 Å². The molecule has 0 spiro atoms. The van der Waals surface area contributed by atoms with E-state index in [1.807, 2.05) is 0 Å². The summed E-state index contributed by atoms with van der Waals surface area (Å²) in [6.07, 6.45) is 0. The van der Waals surface area contributed by atoms with Gasteiger partial charge >= 0.3 is 0 Å². The van der Waals surface area contributed by atoms with Crippen LogP contribution in [0.3, 0.4) is 0 Å². The van der Waals surface area contributed by atoms with E-state index in [-0.39, 0.29) is 5.92 Å². The minimum Gasteiger partial charge on any atom is -0.310 e. The lowest BCUT2D eigenvalue weighted by Crippen LogP contribution is -2.12. The van der Waals surface area contributed by atoms with Gasteiger partial charge in [0.2, 0.25) is 0 Å². The summed E-state index contributed by atoms with van der Waals surface area (Å²) in [5.41, 5.74) is 11.6. The molecule has 1 aliphatic carbocycles. The van der Waals surface area contributed by atoms with Crippen molar-refractivity contribution in [1.29, 1.82) is 0 Å². The fourth-order valence-corrected chi connectivity index (χ4v) is 5.22. The molecule has 0 fully saturated rings. The van der Waals surface area contributed by atoms with Gasteiger partial charge in [0, 0.05) is 22.9 Å². The lowest BCUT2D eigenvalue weighted by atomic mass is 9.88. The summed E-state index contributed by atoms with van der Waals surface area (Å²) in [4.78, 5) is 2.40. The number of anilines is 3. The summed E-state index contributed by atoms with van der Waals surface area (Å²) in [6, 6.07) is 45.9. The Morgan fingerprint density at radius 2 is 1.09 bits per heavy atom. The van der Waals surface area contributed by atoms with Crippen molar-refractivity contribution in [2.75, 3.05) is 4.90 Å². The van der Waals surface area contributed by atoms with Crippen molar-refractivity contribution >= 4 is 17.1 Å². The van der Waals surface area contributed by atoms with E-state index < -0.39 is 0 Å². The van der Waals surface area contributed by atoms with E-state index in [1.54, 1.807) is 0 Å². The first kappa shape index (κ1) is 19.6. The number of hydrogen-bond acceptors (Lipinski definition) is 1. The monoisotopic (exact) mass is 423 g/mol. The van der Waals surface area contributed by atoms with Gasteiger partial charge in [0.15, 0.2) is 0 Å². The molecule has 0 saturated heterocycles. The van der Waals surface area contributed by atoms with Crippen molar-refractivity contribution in [3.05, 3.63) is 150 Å². The standard InChI is InChI=1S/C32H25N/c1-23-21-29-31(24-13-5-2-6-14-24)27-19-11-12-20-28(27)32(29)30(22-23)33(25-15-7-3-8-16-25)26-17-9-4-10-18-26/h2-22,31H,1H3. The zero-order valence-corrected chi connectivity index (χ0v) is 18.6. The average molecular weight is 424 g/mol. The molecular formula is C32H25N. The van der Waals surface area contributed by atoms with E-state index in [0.717, 1.165) is 11.4 Å². The summed E-state index contributed by atoms with van der Waals surface area (Å²) >= 11 is 0. The number of rotatable bonds is 4. The van der Waals surface area contributed by atoms with Gasteiger partial charge in [-0.3, -0.25) is 0 Å². The van der Waals surface area contributed by atoms with Gasteiger partial charge in [-0.05, 0) is 65.1 Å². The molecule has 1 atom stereocenters. The maximum Gasteiger partial charge on any atom is 0.0545 e. The topological polar surface area (TPSA) is 3.24 Å². The molecule has 0 saturated carbocycles. The summed E-state index contributed by atoms with van der Waals surface area (Å²) < 4.78 is 0. The van der Waals surface area contributed by atoms with Crippen LogP contribution in [-0.2, 0) is 0 Å². The highest BCUT2D eigenvalue weighted by Gasteiger charge is 2.33. The number of aryl methyl sites for hydroxylation is 1. The van der Waals surface area contributed by atoms with Crippen molar-refractivity contribution < 1.29 is 0 Å². The highest BCUT2D eigenvalue weighted by atomic mass is 15.1. The molecule has 158 valence electrons. The SMILES string of the molecule is Cc1cc2c(c(N(c3ccccc3)c3ccccc3)c1)-c1ccccc1C2c1ccccc1. The van der Waals surface area contributed by atoms with Gasteiger partial charge in [0.05, 0.1) is 5.69 Å². The number of fused-ring (bicyclic) bond motifs is 3. The second-order valence-electron chi connectivity index (χ2n) is 8.69. The second kappa shape index (κ2) is 8.11. The third kappa shape index (κ3) is 3.34. The van der Waals surface area contributed by atoms with Gasteiger partial charge in [0.25, 0.3) is 0 Å². The fraction of sp³-hybridized carbons (Fsp3) is 0.0625. The van der Waals surface area contributed by atoms with E-state index >= 15 is 0 Å². The molecule has 0 radical (unpaired) electrons. The van der Waals surface area contributed by atoms with E-state index in [0.29, 0.717) is 0 Å². The van der Waals surface area contributed by atoms with Gasteiger partial charge in [-0.2, -0.15) is 0 Å². The van der Waals surface area contributed by atoms with Crippen LogP contribution in [0.15, 0.2) is 127 Å². The first-order chi connectivity index (χ1) is 16.3. The maximum atomic E-state index is 2.40. The Morgan fingerprint density at radius 3 is 1.73 bits per heavy atom. The highest BCUT2D eigenvalue weighted by molar-refractivity contribution is 5.95. The molecule has 0 heterocycles. The minimum absolute atomic E-state index is 0.240. The third-order valence-electron chi connectivity index (χ3n) is 6.55. The van der Waals surface area contributed by atoms with Gasteiger partial charge in [-0.25, -0.2) is 0 Å². The quantitative estimate of drug-likeness (QED) is 0.274. The van der Waals surface area contributed by atoms with Gasteiger partial charge < -0.3 is 4.90 Å². The minimum atomic E-state index is 0.240. The average Bonchev–Trinajstić information content (AvgIpc) is 3.20. The Kier molecular flexibility index (Phi) is 4.81. The predicted octanol–water partition coefficient (Wildman–Crippen LogP) is 8.63. The van der Waals surface area contributed by atoms with Gasteiger partial charge in [-0.15, -0.1) is 0 Å². The van der Waals surface area contributed by atoms with Crippen molar-refractivity contribution in [3.63, 3.8) is 0 Å². The number of para-hydroxylation sites is 2. The first-order valence-electron chi connectivity index (χ1n) is 11.5. The number of hydrogen-bond donors (Lipinski definition) is 0. The molecule has 1 heteroatoms. The van der Waals surface area contributed by atoms with E-state index in [9.17, 15) is 0 Å². The van der Waals surface area contributed by atoms with Crippen molar-refractivity contribution in [2.24, 2.45) is 0 Å². The van der Waals surface area contributed by atoms with Crippen LogP contribution in [-0.4, -0.2) is 0 Å². The predicted molar refractivity (Wildman–Crippen MR) is 139 cm³/mol. The number of benzene rings is 5. The molecule has 6 rings (SSSR count). The van der Waals surface area contributed by atoms with E-state index in [4.69, 9.17) is 0 Å². The van der Waals surface area contributed by atoms with Gasteiger partial charge in [-0.1, -0.05) is 97.1 Å². The van der Waals surface area contributed by atoms with Crippen LogP contribution < -0.4 is 4.90 Å². The Hall–Kier alpha value is -4.10. The molecular weight excluding hydrogens is 398 g/mol. The Morgan fingerprint density at radius 1 is 0.545 bits per heavy atom. The van der Waals surface area contributed by atoms with Crippen LogP contribution in [0.2, 0.25) is 0 Å². The molecule has 0 aromatic heterocycles. The molecule has 1 nitrogen and oxygen atoms in total. The van der Waals surface area contributed by atoms with Crippen molar-refractivity contribution in [1.82, 2.24) is 0 Å². The molecule has 5 aromatic rings. The largest absolute Gasteiger partial charge is 0.310 e. The molecule has 0 N–H and O–H groups in total. The summed E-state index contributed by atoms with van der Waals surface area (Å²) in [6.45, 7) is 2.21.